The van der Waals surface area contributed by atoms with Crippen molar-refractivity contribution < 1.29 is 4.42 Å². The fourth-order valence-corrected chi connectivity index (χ4v) is 7.09. The van der Waals surface area contributed by atoms with E-state index in [1.165, 1.54) is 5.70 Å². The van der Waals surface area contributed by atoms with E-state index in [2.05, 4.69) is 87.4 Å². The largest absolute Gasteiger partial charge is 0.435 e. The summed E-state index contributed by atoms with van der Waals surface area (Å²) in [5.41, 5.74) is 11.1. The van der Waals surface area contributed by atoms with Crippen molar-refractivity contribution in [2.75, 3.05) is 0 Å². The van der Waals surface area contributed by atoms with E-state index in [0.717, 1.165) is 79.1 Å². The smallest absolute Gasteiger partial charge is 0.227 e. The fourth-order valence-electron chi connectivity index (χ4n) is 7.09. The summed E-state index contributed by atoms with van der Waals surface area (Å²) >= 11 is 0. The van der Waals surface area contributed by atoms with Crippen molar-refractivity contribution in [2.45, 2.75) is 12.8 Å². The summed E-state index contributed by atoms with van der Waals surface area (Å²) < 4.78 is 8.85. The third-order valence-corrected chi connectivity index (χ3v) is 9.64. The molecular weight excluding hydrogens is 643 g/mol. The van der Waals surface area contributed by atoms with Crippen molar-refractivity contribution in [2.24, 2.45) is 0 Å². The second kappa shape index (κ2) is 12.4. The number of hydrogen-bond donors (Lipinski definition) is 0. The number of oxazole rings is 1. The average Bonchev–Trinajstić information content (AvgIpc) is 3.82. The molecular formula is C44H29N7O. The van der Waals surface area contributed by atoms with Crippen LogP contribution in [0.15, 0.2) is 157 Å². The third kappa shape index (κ3) is 5.16. The van der Waals surface area contributed by atoms with Gasteiger partial charge in [-0.2, -0.15) is 0 Å². The summed E-state index contributed by atoms with van der Waals surface area (Å²) in [5.74, 6) is 2.54. The van der Waals surface area contributed by atoms with Crippen molar-refractivity contribution in [1.82, 2.24) is 34.5 Å². The second-order valence-electron chi connectivity index (χ2n) is 12.8. The van der Waals surface area contributed by atoms with Crippen molar-refractivity contribution in [3.63, 3.8) is 0 Å². The van der Waals surface area contributed by atoms with E-state index in [4.69, 9.17) is 24.4 Å². The Bertz CT molecular complexity index is 2820. The maximum Gasteiger partial charge on any atom is 0.227 e. The quantitative estimate of drug-likeness (QED) is 0.174. The van der Waals surface area contributed by atoms with E-state index in [1.807, 2.05) is 54.6 Å². The topological polar surface area (TPSA) is 95.4 Å². The lowest BCUT2D eigenvalue weighted by Gasteiger charge is -2.18. The van der Waals surface area contributed by atoms with Crippen molar-refractivity contribution in [3.05, 3.63) is 158 Å². The fraction of sp³-hybridized carbons (Fsp3) is 0.0455. The minimum absolute atomic E-state index is 0.615. The predicted molar refractivity (Wildman–Crippen MR) is 206 cm³/mol. The Morgan fingerprint density at radius 2 is 1.12 bits per heavy atom. The standard InChI is InChI=1S/C44H29N7O/c1-2-6-33(7-3-1)44-47-36-18-19-38-39(40(36)52-44)35-8-4-5-9-37(35)51(38)34-16-14-31(15-17-34)42-48-41(49-43(50-42)32-22-26-46-27-23-32)30-12-10-28(11-13-30)29-20-24-45-25-21-29/h1-14,16,18-27H,15,17H2. The highest BCUT2D eigenvalue weighted by Crippen LogP contribution is 2.40. The van der Waals surface area contributed by atoms with E-state index in [9.17, 15) is 0 Å². The minimum Gasteiger partial charge on any atom is -0.435 e. The van der Waals surface area contributed by atoms with Gasteiger partial charge < -0.3 is 8.98 Å². The number of benzene rings is 4. The summed E-state index contributed by atoms with van der Waals surface area (Å²) in [6, 6.07) is 39.0. The van der Waals surface area contributed by atoms with Crippen molar-refractivity contribution >= 4 is 44.2 Å². The molecule has 10 rings (SSSR count). The van der Waals surface area contributed by atoms with Crippen molar-refractivity contribution in [1.29, 1.82) is 0 Å². The lowest BCUT2D eigenvalue weighted by Crippen LogP contribution is -2.06. The molecule has 0 amide bonds. The number of para-hydroxylation sites is 1. The van der Waals surface area contributed by atoms with E-state index < -0.39 is 0 Å². The summed E-state index contributed by atoms with van der Waals surface area (Å²) in [7, 11) is 0. The Hall–Kier alpha value is -7.06. The SMILES string of the molecule is C1=C(c2nc(-c3ccncc3)nc(-c3ccc(-c4ccncc4)cc3)n2)CCC(n2c3ccccc3c3c4oc(-c5ccccc5)nc4ccc32)=C1. The van der Waals surface area contributed by atoms with Gasteiger partial charge in [-0.3, -0.25) is 9.97 Å². The van der Waals surface area contributed by atoms with Crippen molar-refractivity contribution in [3.8, 4) is 45.4 Å². The van der Waals surface area contributed by atoms with Gasteiger partial charge in [-0.15, -0.1) is 0 Å². The van der Waals surface area contributed by atoms with E-state index in [1.54, 1.807) is 24.8 Å². The molecule has 5 heterocycles. The molecule has 1 aliphatic carbocycles. The first-order valence-corrected chi connectivity index (χ1v) is 17.2. The molecule has 0 unspecified atom stereocenters. The van der Waals surface area contributed by atoms with Gasteiger partial charge in [0.15, 0.2) is 23.1 Å². The summed E-state index contributed by atoms with van der Waals surface area (Å²) in [6.07, 6.45) is 13.1. The van der Waals surface area contributed by atoms with Gasteiger partial charge in [0.25, 0.3) is 0 Å². The molecule has 8 nitrogen and oxygen atoms in total. The molecule has 52 heavy (non-hydrogen) atoms. The number of fused-ring (bicyclic) bond motifs is 5. The molecule has 0 fully saturated rings. The van der Waals surface area contributed by atoms with Crippen LogP contribution in [0.1, 0.15) is 18.7 Å². The van der Waals surface area contributed by atoms with Gasteiger partial charge in [0, 0.05) is 52.6 Å². The summed E-state index contributed by atoms with van der Waals surface area (Å²) in [6.45, 7) is 0. The summed E-state index contributed by atoms with van der Waals surface area (Å²) in [4.78, 5) is 28.1. The van der Waals surface area contributed by atoms with E-state index in [0.29, 0.717) is 23.4 Å². The van der Waals surface area contributed by atoms with Gasteiger partial charge in [0.05, 0.1) is 16.4 Å². The maximum atomic E-state index is 6.49. The molecule has 0 bridgehead atoms. The zero-order valence-electron chi connectivity index (χ0n) is 27.9. The van der Waals surface area contributed by atoms with Crippen LogP contribution in [0.2, 0.25) is 0 Å². The third-order valence-electron chi connectivity index (χ3n) is 9.64. The van der Waals surface area contributed by atoms with Crippen LogP contribution in [-0.4, -0.2) is 34.5 Å². The van der Waals surface area contributed by atoms with Crippen LogP contribution in [0, 0.1) is 0 Å². The molecule has 4 aromatic carbocycles. The molecule has 246 valence electrons. The monoisotopic (exact) mass is 671 g/mol. The average molecular weight is 672 g/mol. The van der Waals surface area contributed by atoms with E-state index >= 15 is 0 Å². The van der Waals surface area contributed by atoms with Gasteiger partial charge in [-0.25, -0.2) is 19.9 Å². The maximum absolute atomic E-state index is 6.49. The predicted octanol–water partition coefficient (Wildman–Crippen LogP) is 10.3. The molecule has 0 saturated carbocycles. The van der Waals surface area contributed by atoms with Crippen LogP contribution in [0.3, 0.4) is 0 Å². The van der Waals surface area contributed by atoms with Gasteiger partial charge >= 0.3 is 0 Å². The van der Waals surface area contributed by atoms with Crippen LogP contribution in [0.5, 0.6) is 0 Å². The molecule has 8 heteroatoms. The number of rotatable bonds is 6. The molecule has 0 aliphatic heterocycles. The Kier molecular flexibility index (Phi) is 7.09. The van der Waals surface area contributed by atoms with Gasteiger partial charge in [0.2, 0.25) is 5.89 Å². The molecule has 0 radical (unpaired) electrons. The molecule has 5 aromatic heterocycles. The van der Waals surface area contributed by atoms with Crippen LogP contribution < -0.4 is 0 Å². The molecule has 0 saturated heterocycles. The number of nitrogens with zero attached hydrogens (tertiary/aromatic N) is 7. The first-order chi connectivity index (χ1) is 25.8. The Balaban J connectivity index is 1.07. The Labute approximate surface area is 298 Å². The lowest BCUT2D eigenvalue weighted by molar-refractivity contribution is 0.623. The number of pyridine rings is 2. The summed E-state index contributed by atoms with van der Waals surface area (Å²) in [5, 5.41) is 2.20. The number of allylic oxidation sites excluding steroid dienone is 4. The normalized spacial score (nSPS) is 13.1. The van der Waals surface area contributed by atoms with Crippen LogP contribution in [0.4, 0.5) is 0 Å². The van der Waals surface area contributed by atoms with Crippen LogP contribution >= 0.6 is 0 Å². The molecule has 1 aliphatic rings. The van der Waals surface area contributed by atoms with Crippen LogP contribution in [-0.2, 0) is 0 Å². The van der Waals surface area contributed by atoms with E-state index in [-0.39, 0.29) is 0 Å². The number of aromatic nitrogens is 7. The van der Waals surface area contributed by atoms with Crippen LogP contribution in [0.25, 0.3) is 89.5 Å². The highest BCUT2D eigenvalue weighted by molar-refractivity contribution is 6.19. The van der Waals surface area contributed by atoms with Gasteiger partial charge in [-0.1, -0.05) is 66.7 Å². The second-order valence-corrected chi connectivity index (χ2v) is 12.8. The first-order valence-electron chi connectivity index (χ1n) is 17.2. The zero-order chi connectivity index (χ0) is 34.4. The number of hydrogen-bond acceptors (Lipinski definition) is 7. The lowest BCUT2D eigenvalue weighted by atomic mass is 10.0. The molecule has 0 atom stereocenters. The highest BCUT2D eigenvalue weighted by atomic mass is 16.3. The minimum atomic E-state index is 0.615. The molecule has 0 spiro atoms. The van der Waals surface area contributed by atoms with Gasteiger partial charge in [-0.05, 0) is 90.2 Å². The molecule has 9 aromatic rings. The Morgan fingerprint density at radius 3 is 1.85 bits per heavy atom. The molecule has 0 N–H and O–H groups in total. The Morgan fingerprint density at radius 1 is 0.481 bits per heavy atom. The first kappa shape index (κ1) is 29.8. The van der Waals surface area contributed by atoms with Gasteiger partial charge in [0.1, 0.15) is 5.52 Å². The zero-order valence-corrected chi connectivity index (χ0v) is 27.9. The highest BCUT2D eigenvalue weighted by Gasteiger charge is 2.22.